The Hall–Kier alpha value is -2.90. The Morgan fingerprint density at radius 1 is 1.20 bits per heavy atom. The molecule has 0 aromatic heterocycles. The predicted molar refractivity (Wildman–Crippen MR) is 87.8 cm³/mol. The molecule has 25 heavy (non-hydrogen) atoms. The topological polar surface area (TPSA) is 68.9 Å². The quantitative estimate of drug-likeness (QED) is 0.655. The number of ether oxygens (including phenoxy) is 2. The van der Waals surface area contributed by atoms with Crippen LogP contribution in [0, 0.1) is 0 Å². The van der Waals surface area contributed by atoms with E-state index < -0.39 is 6.36 Å². The lowest BCUT2D eigenvalue weighted by atomic mass is 10.1. The zero-order chi connectivity index (χ0) is 17.9. The molecule has 1 atom stereocenters. The van der Waals surface area contributed by atoms with E-state index in [1.54, 1.807) is 0 Å². The van der Waals surface area contributed by atoms with Crippen molar-refractivity contribution < 1.29 is 22.6 Å². The molecule has 1 heterocycles. The number of anilines is 1. The fourth-order valence-electron chi connectivity index (χ4n) is 2.48. The van der Waals surface area contributed by atoms with Crippen LogP contribution in [0.25, 0.3) is 0 Å². The third-order valence-corrected chi connectivity index (χ3v) is 3.54. The Morgan fingerprint density at radius 3 is 2.60 bits per heavy atom. The van der Waals surface area contributed by atoms with Gasteiger partial charge in [-0.2, -0.15) is 0 Å². The van der Waals surface area contributed by atoms with Crippen molar-refractivity contribution in [3.63, 3.8) is 0 Å². The molecule has 3 N–H and O–H groups in total. The summed E-state index contributed by atoms with van der Waals surface area (Å²) in [5, 5.41) is 2.81. The summed E-state index contributed by atoms with van der Waals surface area (Å²) in [5.74, 6) is 0.712. The third-order valence-electron chi connectivity index (χ3n) is 3.54. The van der Waals surface area contributed by atoms with Crippen LogP contribution in [-0.4, -0.2) is 25.0 Å². The van der Waals surface area contributed by atoms with E-state index in [4.69, 9.17) is 10.5 Å². The molecule has 2 aromatic carbocycles. The number of nitrogens with two attached hydrogens (primary N) is 1. The van der Waals surface area contributed by atoms with Gasteiger partial charge in [0.05, 0.1) is 6.54 Å². The number of nitrogens with one attached hydrogen (secondary N) is 1. The number of nitrogens with zero attached hydrogens (tertiary/aromatic N) is 1. The van der Waals surface area contributed by atoms with Gasteiger partial charge in [0.25, 0.3) is 0 Å². The Labute approximate surface area is 142 Å². The Kier molecular flexibility index (Phi) is 4.69. The van der Waals surface area contributed by atoms with Crippen LogP contribution in [0.15, 0.2) is 53.5 Å². The highest BCUT2D eigenvalue weighted by Gasteiger charge is 2.30. The molecule has 8 heteroatoms. The summed E-state index contributed by atoms with van der Waals surface area (Å²) in [6.45, 7) is 0.378. The van der Waals surface area contributed by atoms with Gasteiger partial charge < -0.3 is 20.5 Å². The molecule has 2 aromatic rings. The summed E-state index contributed by atoms with van der Waals surface area (Å²) in [5.41, 5.74) is 7.44. The van der Waals surface area contributed by atoms with E-state index in [-0.39, 0.29) is 17.8 Å². The highest BCUT2D eigenvalue weighted by atomic mass is 19.4. The second-order valence-corrected chi connectivity index (χ2v) is 5.47. The lowest BCUT2D eigenvalue weighted by molar-refractivity contribution is -0.274. The smallest absolute Gasteiger partial charge is 0.488 e. The predicted octanol–water partition coefficient (Wildman–Crippen LogP) is 3.32. The van der Waals surface area contributed by atoms with Gasteiger partial charge in [0.2, 0.25) is 0 Å². The molecule has 0 bridgehead atoms. The molecule has 132 valence electrons. The molecule has 0 spiro atoms. The lowest BCUT2D eigenvalue weighted by Crippen LogP contribution is -2.26. The molecule has 0 amide bonds. The lowest BCUT2D eigenvalue weighted by Gasteiger charge is -2.11. The Balaban J connectivity index is 1.52. The number of halogens is 3. The van der Waals surface area contributed by atoms with Gasteiger partial charge in [-0.05, 0) is 35.9 Å². The van der Waals surface area contributed by atoms with Gasteiger partial charge in [-0.1, -0.05) is 18.2 Å². The number of hydrogen-bond donors (Lipinski definition) is 2. The van der Waals surface area contributed by atoms with Crippen molar-refractivity contribution in [2.45, 2.75) is 18.9 Å². The summed E-state index contributed by atoms with van der Waals surface area (Å²) in [6.07, 6.45) is -4.04. The van der Waals surface area contributed by atoms with Crippen molar-refractivity contribution in [3.05, 3.63) is 54.1 Å². The third kappa shape index (κ3) is 4.79. The fourth-order valence-corrected chi connectivity index (χ4v) is 2.48. The molecule has 0 saturated heterocycles. The maximum absolute atomic E-state index is 12.1. The van der Waals surface area contributed by atoms with Crippen molar-refractivity contribution in [3.8, 4) is 11.5 Å². The molecule has 0 saturated carbocycles. The first kappa shape index (κ1) is 16.9. The van der Waals surface area contributed by atoms with Crippen LogP contribution in [0.4, 0.5) is 18.9 Å². The highest BCUT2D eigenvalue weighted by molar-refractivity contribution is 5.92. The minimum absolute atomic E-state index is 0.0830. The van der Waals surface area contributed by atoms with E-state index in [1.165, 1.54) is 24.3 Å². The van der Waals surface area contributed by atoms with Gasteiger partial charge in [-0.3, -0.25) is 0 Å². The molecule has 1 aliphatic rings. The van der Waals surface area contributed by atoms with Gasteiger partial charge in [0.15, 0.2) is 5.96 Å². The van der Waals surface area contributed by atoms with Crippen LogP contribution >= 0.6 is 0 Å². The average Bonchev–Trinajstić information content (AvgIpc) is 2.96. The van der Waals surface area contributed by atoms with E-state index >= 15 is 0 Å². The van der Waals surface area contributed by atoms with Crippen LogP contribution < -0.4 is 20.5 Å². The SMILES string of the molecule is NC(=NCC1Cc2ccccc2O1)Nc1ccc(OC(F)(F)F)cc1. The monoisotopic (exact) mass is 351 g/mol. The molecular formula is C17H16F3N3O2. The number of fused-ring (bicyclic) bond motifs is 1. The Bertz CT molecular complexity index is 735. The first-order valence-corrected chi connectivity index (χ1v) is 7.56. The number of hydrogen-bond acceptors (Lipinski definition) is 3. The second-order valence-electron chi connectivity index (χ2n) is 5.47. The number of alkyl halides is 3. The minimum atomic E-state index is -4.71. The maximum Gasteiger partial charge on any atom is 0.573 e. The van der Waals surface area contributed by atoms with Gasteiger partial charge in [0.1, 0.15) is 17.6 Å². The highest BCUT2D eigenvalue weighted by Crippen LogP contribution is 2.28. The first-order valence-electron chi connectivity index (χ1n) is 7.56. The van der Waals surface area contributed by atoms with Gasteiger partial charge in [0, 0.05) is 12.1 Å². The van der Waals surface area contributed by atoms with Crippen molar-refractivity contribution in [2.75, 3.05) is 11.9 Å². The van der Waals surface area contributed by atoms with Crippen molar-refractivity contribution in [1.29, 1.82) is 0 Å². The van der Waals surface area contributed by atoms with Gasteiger partial charge >= 0.3 is 6.36 Å². The number of guanidine groups is 1. The standard InChI is InChI=1S/C17H16F3N3O2/c18-17(19,20)25-13-7-5-12(6-8-13)23-16(21)22-10-14-9-11-3-1-2-4-15(11)24-14/h1-8,14H,9-10H2,(H3,21,22,23). The maximum atomic E-state index is 12.1. The van der Waals surface area contributed by atoms with E-state index in [0.29, 0.717) is 12.2 Å². The zero-order valence-electron chi connectivity index (χ0n) is 13.1. The normalized spacial score (nSPS) is 16.9. The summed E-state index contributed by atoms with van der Waals surface area (Å²) in [6, 6.07) is 13.0. The second kappa shape index (κ2) is 6.92. The summed E-state index contributed by atoms with van der Waals surface area (Å²) >= 11 is 0. The van der Waals surface area contributed by atoms with E-state index in [0.717, 1.165) is 17.7 Å². The van der Waals surface area contributed by atoms with Crippen molar-refractivity contribution >= 4 is 11.6 Å². The summed E-state index contributed by atoms with van der Waals surface area (Å²) in [7, 11) is 0. The molecule has 1 unspecified atom stereocenters. The van der Waals surface area contributed by atoms with Gasteiger partial charge in [-0.25, -0.2) is 4.99 Å². The molecule has 3 rings (SSSR count). The summed E-state index contributed by atoms with van der Waals surface area (Å²) < 4.78 is 45.9. The van der Waals surface area contributed by atoms with Gasteiger partial charge in [-0.15, -0.1) is 13.2 Å². The van der Waals surface area contributed by atoms with E-state index in [9.17, 15) is 13.2 Å². The van der Waals surface area contributed by atoms with Crippen LogP contribution in [0.2, 0.25) is 0 Å². The number of para-hydroxylation sites is 1. The number of aliphatic imine (C=N–C) groups is 1. The van der Waals surface area contributed by atoms with Crippen LogP contribution in [-0.2, 0) is 6.42 Å². The van der Waals surface area contributed by atoms with Crippen molar-refractivity contribution in [2.24, 2.45) is 10.7 Å². The van der Waals surface area contributed by atoms with E-state index in [2.05, 4.69) is 15.0 Å². The van der Waals surface area contributed by atoms with Crippen LogP contribution in [0.1, 0.15) is 5.56 Å². The molecule has 0 fully saturated rings. The first-order chi connectivity index (χ1) is 11.9. The number of benzene rings is 2. The van der Waals surface area contributed by atoms with Crippen LogP contribution in [0.5, 0.6) is 11.5 Å². The molecule has 5 nitrogen and oxygen atoms in total. The average molecular weight is 351 g/mol. The number of rotatable bonds is 4. The minimum Gasteiger partial charge on any atom is -0.488 e. The Morgan fingerprint density at radius 2 is 1.92 bits per heavy atom. The van der Waals surface area contributed by atoms with Crippen LogP contribution in [0.3, 0.4) is 0 Å². The molecular weight excluding hydrogens is 335 g/mol. The largest absolute Gasteiger partial charge is 0.573 e. The molecule has 0 aliphatic carbocycles. The summed E-state index contributed by atoms with van der Waals surface area (Å²) in [4.78, 5) is 4.21. The van der Waals surface area contributed by atoms with Crippen molar-refractivity contribution in [1.82, 2.24) is 0 Å². The molecule has 0 radical (unpaired) electrons. The zero-order valence-corrected chi connectivity index (χ0v) is 13.1. The fraction of sp³-hybridized carbons (Fsp3) is 0.235. The van der Waals surface area contributed by atoms with E-state index in [1.807, 2.05) is 24.3 Å². The molecule has 1 aliphatic heterocycles.